The van der Waals surface area contributed by atoms with Crippen LogP contribution in [0.2, 0.25) is 0 Å². The molecule has 3 rings (SSSR count). The highest BCUT2D eigenvalue weighted by molar-refractivity contribution is 9.10. The van der Waals surface area contributed by atoms with Crippen molar-refractivity contribution in [1.29, 1.82) is 0 Å². The van der Waals surface area contributed by atoms with Crippen molar-refractivity contribution < 1.29 is 14.3 Å². The second-order valence-corrected chi connectivity index (χ2v) is 7.18. The Morgan fingerprint density at radius 3 is 2.96 bits per heavy atom. The van der Waals surface area contributed by atoms with Gasteiger partial charge in [0.15, 0.2) is 5.17 Å². The lowest BCUT2D eigenvalue weighted by Gasteiger charge is -2.38. The van der Waals surface area contributed by atoms with Crippen LogP contribution in [0.1, 0.15) is 24.9 Å². The number of carbonyl (C=O) groups is 2. The summed E-state index contributed by atoms with van der Waals surface area (Å²) < 4.78 is 5.82. The van der Waals surface area contributed by atoms with Crippen LogP contribution in [0.25, 0.3) is 0 Å². The molecule has 0 bridgehead atoms. The number of hydrogen-bond acceptors (Lipinski definition) is 5. The van der Waals surface area contributed by atoms with Gasteiger partial charge in [0.05, 0.1) is 24.4 Å². The number of halogens is 1. The van der Waals surface area contributed by atoms with E-state index in [1.807, 2.05) is 24.3 Å². The van der Waals surface area contributed by atoms with E-state index < -0.39 is 12.0 Å². The number of methoxy groups -OCH3 is 1. The van der Waals surface area contributed by atoms with E-state index >= 15 is 0 Å². The van der Waals surface area contributed by atoms with Gasteiger partial charge in [0.25, 0.3) is 0 Å². The Bertz CT molecular complexity index is 745. The zero-order valence-corrected chi connectivity index (χ0v) is 15.1. The summed E-state index contributed by atoms with van der Waals surface area (Å²) in [7, 11) is 1.34. The third-order valence-corrected chi connectivity index (χ3v) is 5.22. The van der Waals surface area contributed by atoms with Gasteiger partial charge in [-0.2, -0.15) is 0 Å². The maximum Gasteiger partial charge on any atom is 0.338 e. The van der Waals surface area contributed by atoms with Crippen molar-refractivity contribution in [2.24, 2.45) is 4.99 Å². The molecule has 0 saturated carbocycles. The number of amidine groups is 1. The maximum atomic E-state index is 12.5. The molecule has 7 heteroatoms. The van der Waals surface area contributed by atoms with E-state index in [9.17, 15) is 9.59 Å². The van der Waals surface area contributed by atoms with Crippen molar-refractivity contribution >= 4 is 44.7 Å². The van der Waals surface area contributed by atoms with Crippen LogP contribution in [0, 0.1) is 0 Å². The molecule has 1 aromatic rings. The Hall–Kier alpha value is -1.60. The van der Waals surface area contributed by atoms with Crippen molar-refractivity contribution in [3.05, 3.63) is 45.6 Å². The van der Waals surface area contributed by atoms with Crippen molar-refractivity contribution in [2.75, 3.05) is 12.9 Å². The molecule has 0 aromatic heterocycles. The minimum atomic E-state index is -0.507. The predicted molar refractivity (Wildman–Crippen MR) is 93.0 cm³/mol. The molecule has 0 unspecified atom stereocenters. The predicted octanol–water partition coefficient (Wildman–Crippen LogP) is 3.27. The van der Waals surface area contributed by atoms with Crippen LogP contribution in [-0.2, 0) is 14.3 Å². The Morgan fingerprint density at radius 2 is 2.26 bits per heavy atom. The number of benzene rings is 1. The molecule has 1 atom stereocenters. The Balaban J connectivity index is 2.19. The average molecular weight is 395 g/mol. The molecule has 0 N–H and O–H groups in total. The third kappa shape index (κ3) is 2.95. The number of nitrogens with zero attached hydrogens (tertiary/aromatic N) is 2. The van der Waals surface area contributed by atoms with Crippen LogP contribution in [0.3, 0.4) is 0 Å². The van der Waals surface area contributed by atoms with Crippen LogP contribution in [-0.4, -0.2) is 34.8 Å². The van der Waals surface area contributed by atoms with Crippen molar-refractivity contribution in [3.8, 4) is 0 Å². The van der Waals surface area contributed by atoms with Gasteiger partial charge in [-0.15, -0.1) is 0 Å². The van der Waals surface area contributed by atoms with Gasteiger partial charge in [-0.25, -0.2) is 9.79 Å². The van der Waals surface area contributed by atoms with E-state index in [1.54, 1.807) is 11.8 Å². The summed E-state index contributed by atoms with van der Waals surface area (Å²) in [4.78, 5) is 30.9. The lowest BCUT2D eigenvalue weighted by atomic mass is 9.94. The first-order chi connectivity index (χ1) is 11.0. The summed E-state index contributed by atoms with van der Waals surface area (Å²) >= 11 is 4.99. The summed E-state index contributed by atoms with van der Waals surface area (Å²) in [5.41, 5.74) is 1.85. The van der Waals surface area contributed by atoms with E-state index in [4.69, 9.17) is 4.74 Å². The van der Waals surface area contributed by atoms with Crippen LogP contribution in [0.4, 0.5) is 0 Å². The number of amides is 1. The van der Waals surface area contributed by atoms with E-state index in [2.05, 4.69) is 20.9 Å². The van der Waals surface area contributed by atoms with Crippen molar-refractivity contribution in [2.45, 2.75) is 19.4 Å². The number of esters is 1. The number of carbonyl (C=O) groups excluding carboxylic acids is 2. The third-order valence-electron chi connectivity index (χ3n) is 3.78. The Kier molecular flexibility index (Phi) is 4.59. The maximum absolute atomic E-state index is 12.5. The molecule has 120 valence electrons. The topological polar surface area (TPSA) is 59.0 Å². The number of thioether (sulfide) groups is 1. The highest BCUT2D eigenvalue weighted by atomic mass is 79.9. The van der Waals surface area contributed by atoms with E-state index in [0.29, 0.717) is 28.6 Å². The molecule has 1 aromatic carbocycles. The van der Waals surface area contributed by atoms with Gasteiger partial charge in [0, 0.05) is 16.6 Å². The van der Waals surface area contributed by atoms with Crippen LogP contribution >= 0.6 is 27.7 Å². The van der Waals surface area contributed by atoms with Gasteiger partial charge in [0.2, 0.25) is 5.91 Å². The number of allylic oxidation sites excluding steroid dienone is 1. The molecule has 1 fully saturated rings. The number of aliphatic imine (C=N–C) groups is 1. The largest absolute Gasteiger partial charge is 0.466 e. The lowest BCUT2D eigenvalue weighted by Crippen LogP contribution is -2.45. The normalized spacial score (nSPS) is 21.0. The summed E-state index contributed by atoms with van der Waals surface area (Å²) in [6.45, 7) is 1.78. The molecule has 2 aliphatic heterocycles. The monoisotopic (exact) mass is 394 g/mol. The summed E-state index contributed by atoms with van der Waals surface area (Å²) in [5.74, 6) is 0.222. The van der Waals surface area contributed by atoms with E-state index in [1.165, 1.54) is 18.9 Å². The van der Waals surface area contributed by atoms with Gasteiger partial charge < -0.3 is 4.74 Å². The number of ether oxygens (including phenoxy) is 1. The van der Waals surface area contributed by atoms with Gasteiger partial charge in [0.1, 0.15) is 0 Å². The average Bonchev–Trinajstić information content (AvgIpc) is 2.53. The first-order valence-corrected chi connectivity index (χ1v) is 8.89. The van der Waals surface area contributed by atoms with Gasteiger partial charge >= 0.3 is 5.97 Å². The molecular formula is C16H15BrN2O3S. The van der Waals surface area contributed by atoms with Gasteiger partial charge in [-0.1, -0.05) is 39.8 Å². The van der Waals surface area contributed by atoms with Gasteiger partial charge in [-0.3, -0.25) is 9.69 Å². The molecule has 0 aliphatic carbocycles. The lowest BCUT2D eigenvalue weighted by molar-refractivity contribution is -0.137. The highest BCUT2D eigenvalue weighted by Crippen LogP contribution is 2.40. The molecule has 2 aliphatic rings. The van der Waals surface area contributed by atoms with Gasteiger partial charge in [-0.05, 0) is 24.6 Å². The Labute approximate surface area is 146 Å². The fourth-order valence-electron chi connectivity index (χ4n) is 2.76. The van der Waals surface area contributed by atoms with Crippen molar-refractivity contribution in [3.63, 3.8) is 0 Å². The smallest absolute Gasteiger partial charge is 0.338 e. The van der Waals surface area contributed by atoms with E-state index in [-0.39, 0.29) is 5.91 Å². The second kappa shape index (κ2) is 6.49. The van der Waals surface area contributed by atoms with Crippen LogP contribution in [0.5, 0.6) is 0 Å². The number of fused-ring (bicyclic) bond motifs is 1. The first kappa shape index (κ1) is 16.3. The quantitative estimate of drug-likeness (QED) is 0.722. The SMILES string of the molecule is COC(=O)C1=C(C)N=C2SCCC(=O)N2[C@@H]1c1cccc(Br)c1. The molecule has 23 heavy (non-hydrogen) atoms. The van der Waals surface area contributed by atoms with Crippen LogP contribution in [0.15, 0.2) is 45.0 Å². The fraction of sp³-hybridized carbons (Fsp3) is 0.312. The first-order valence-electron chi connectivity index (χ1n) is 7.11. The molecule has 1 amide bonds. The molecule has 0 radical (unpaired) electrons. The molecule has 2 heterocycles. The number of rotatable bonds is 2. The molecule has 0 spiro atoms. The van der Waals surface area contributed by atoms with Crippen molar-refractivity contribution in [1.82, 2.24) is 4.90 Å². The molecule has 1 saturated heterocycles. The standard InChI is InChI=1S/C16H15BrN2O3S/c1-9-13(15(21)22-2)14(10-4-3-5-11(17)8-10)19-12(20)6-7-23-16(19)18-9/h3-5,8,14H,6-7H2,1-2H3/t14-/m1/s1. The number of hydrogen-bond donors (Lipinski definition) is 0. The summed E-state index contributed by atoms with van der Waals surface area (Å²) in [6.07, 6.45) is 0.432. The zero-order chi connectivity index (χ0) is 16.6. The summed E-state index contributed by atoms with van der Waals surface area (Å²) in [5, 5.41) is 0.649. The summed E-state index contributed by atoms with van der Waals surface area (Å²) in [6, 6.07) is 7.10. The minimum Gasteiger partial charge on any atom is -0.466 e. The highest BCUT2D eigenvalue weighted by Gasteiger charge is 2.41. The molecular weight excluding hydrogens is 380 g/mol. The molecule has 5 nitrogen and oxygen atoms in total. The minimum absolute atomic E-state index is 0.0265. The van der Waals surface area contributed by atoms with Crippen LogP contribution < -0.4 is 0 Å². The fourth-order valence-corrected chi connectivity index (χ4v) is 4.18. The zero-order valence-electron chi connectivity index (χ0n) is 12.7. The second-order valence-electron chi connectivity index (χ2n) is 5.20. The Morgan fingerprint density at radius 1 is 1.48 bits per heavy atom. The van der Waals surface area contributed by atoms with E-state index in [0.717, 1.165) is 10.0 Å².